The summed E-state index contributed by atoms with van der Waals surface area (Å²) in [6.45, 7) is 5.64. The van der Waals surface area contributed by atoms with Gasteiger partial charge in [-0.15, -0.1) is 0 Å². The number of carbonyl (C=O) groups is 2. The van der Waals surface area contributed by atoms with Crippen LogP contribution in [0.3, 0.4) is 0 Å². The quantitative estimate of drug-likeness (QED) is 0.683. The van der Waals surface area contributed by atoms with Crippen molar-refractivity contribution in [2.45, 2.75) is 6.42 Å². The van der Waals surface area contributed by atoms with Gasteiger partial charge in [-0.2, -0.15) is 0 Å². The van der Waals surface area contributed by atoms with E-state index >= 15 is 0 Å². The van der Waals surface area contributed by atoms with Crippen LogP contribution in [0.25, 0.3) is 0 Å². The molecule has 1 saturated heterocycles. The van der Waals surface area contributed by atoms with E-state index in [0.29, 0.717) is 56.3 Å². The first kappa shape index (κ1) is 21.4. The second-order valence-corrected chi connectivity index (χ2v) is 6.88. The predicted octanol–water partition coefficient (Wildman–Crippen LogP) is 3.39. The molecule has 0 radical (unpaired) electrons. The monoisotopic (exact) mass is 412 g/mol. The predicted molar refractivity (Wildman–Crippen MR) is 112 cm³/mol. The molecule has 0 saturated carbocycles. The van der Waals surface area contributed by atoms with Crippen LogP contribution in [0.1, 0.15) is 27.1 Å². The molecule has 0 aromatic heterocycles. The lowest BCUT2D eigenvalue weighted by molar-refractivity contribution is 0.0716. The molecule has 1 heterocycles. The number of hydrogen-bond acceptors (Lipinski definition) is 4. The highest BCUT2D eigenvalue weighted by atomic mass is 19.1. The summed E-state index contributed by atoms with van der Waals surface area (Å²) >= 11 is 0. The lowest BCUT2D eigenvalue weighted by Gasteiger charge is -2.23. The molecular weight excluding hydrogens is 387 g/mol. The minimum absolute atomic E-state index is 0.0529. The maximum absolute atomic E-state index is 14.0. The first-order chi connectivity index (χ1) is 14.5. The number of carbonyl (C=O) groups excluding carboxylic acids is 2. The van der Waals surface area contributed by atoms with Crippen LogP contribution in [0, 0.1) is 5.82 Å². The number of ether oxygens (including phenoxy) is 2. The van der Waals surface area contributed by atoms with E-state index in [-0.39, 0.29) is 17.4 Å². The molecule has 158 valence electrons. The van der Waals surface area contributed by atoms with Crippen LogP contribution >= 0.6 is 0 Å². The van der Waals surface area contributed by atoms with Gasteiger partial charge in [0.2, 0.25) is 0 Å². The van der Waals surface area contributed by atoms with Crippen LogP contribution in [-0.4, -0.2) is 61.5 Å². The fraction of sp³-hybridized carbons (Fsp3) is 0.304. The van der Waals surface area contributed by atoms with Crippen LogP contribution in [-0.2, 0) is 0 Å². The topological polar surface area (TPSA) is 59.1 Å². The van der Waals surface area contributed by atoms with E-state index in [1.807, 2.05) is 0 Å². The Bertz CT molecular complexity index is 931. The lowest BCUT2D eigenvalue weighted by atomic mass is 10.1. The maximum Gasteiger partial charge on any atom is 0.256 e. The van der Waals surface area contributed by atoms with E-state index in [1.54, 1.807) is 46.2 Å². The van der Waals surface area contributed by atoms with Gasteiger partial charge in [-0.3, -0.25) is 9.59 Å². The standard InChI is InChI=1S/C23H25FN2O4/c1-3-15-30-20-10-9-17(16-21(20)29-2)22(27)25-11-6-12-26(14-13-25)23(28)18-7-4-5-8-19(18)24/h3-5,7-10,16H,1,6,11-15H2,2H3. The number of methoxy groups -OCH3 is 1. The van der Waals surface area contributed by atoms with Gasteiger partial charge in [-0.1, -0.05) is 24.8 Å². The summed E-state index contributed by atoms with van der Waals surface area (Å²) in [7, 11) is 1.52. The summed E-state index contributed by atoms with van der Waals surface area (Å²) in [6, 6.07) is 11.0. The van der Waals surface area contributed by atoms with Crippen molar-refractivity contribution in [2.24, 2.45) is 0 Å². The second kappa shape index (κ2) is 9.91. The normalized spacial score (nSPS) is 14.1. The van der Waals surface area contributed by atoms with Gasteiger partial charge < -0.3 is 19.3 Å². The molecule has 2 aromatic rings. The Balaban J connectivity index is 1.69. The van der Waals surface area contributed by atoms with Crippen molar-refractivity contribution >= 4 is 11.8 Å². The number of rotatable bonds is 6. The zero-order chi connectivity index (χ0) is 21.5. The van der Waals surface area contributed by atoms with E-state index in [9.17, 15) is 14.0 Å². The summed E-state index contributed by atoms with van der Waals surface area (Å²) in [5.74, 6) is -0.0394. The molecule has 2 amide bonds. The van der Waals surface area contributed by atoms with Crippen molar-refractivity contribution < 1.29 is 23.5 Å². The lowest BCUT2D eigenvalue weighted by Crippen LogP contribution is -2.37. The minimum atomic E-state index is -0.537. The highest BCUT2D eigenvalue weighted by Gasteiger charge is 2.25. The van der Waals surface area contributed by atoms with Crippen LogP contribution in [0.5, 0.6) is 11.5 Å². The summed E-state index contributed by atoms with van der Waals surface area (Å²) < 4.78 is 24.8. The van der Waals surface area contributed by atoms with E-state index < -0.39 is 5.82 Å². The molecule has 1 aliphatic heterocycles. The van der Waals surface area contributed by atoms with Gasteiger partial charge >= 0.3 is 0 Å². The Hall–Kier alpha value is -3.35. The molecule has 30 heavy (non-hydrogen) atoms. The van der Waals surface area contributed by atoms with E-state index in [4.69, 9.17) is 9.47 Å². The molecule has 6 nitrogen and oxygen atoms in total. The summed E-state index contributed by atoms with van der Waals surface area (Å²) in [6.07, 6.45) is 2.24. The molecular formula is C23H25FN2O4. The van der Waals surface area contributed by atoms with Gasteiger partial charge in [0.25, 0.3) is 11.8 Å². The van der Waals surface area contributed by atoms with Crippen LogP contribution in [0.4, 0.5) is 4.39 Å². The highest BCUT2D eigenvalue weighted by Crippen LogP contribution is 2.28. The van der Waals surface area contributed by atoms with Crippen molar-refractivity contribution in [2.75, 3.05) is 39.9 Å². The first-order valence-corrected chi connectivity index (χ1v) is 9.80. The maximum atomic E-state index is 14.0. The van der Waals surface area contributed by atoms with Crippen molar-refractivity contribution in [3.05, 3.63) is 72.1 Å². The molecule has 0 unspecified atom stereocenters. The fourth-order valence-electron chi connectivity index (χ4n) is 3.38. The summed E-state index contributed by atoms with van der Waals surface area (Å²) in [4.78, 5) is 29.0. The minimum Gasteiger partial charge on any atom is -0.493 e. The van der Waals surface area contributed by atoms with Gasteiger partial charge in [0.1, 0.15) is 12.4 Å². The third-order valence-corrected chi connectivity index (χ3v) is 4.94. The molecule has 3 rings (SSSR count). The van der Waals surface area contributed by atoms with Gasteiger partial charge in [0, 0.05) is 31.7 Å². The molecule has 0 aliphatic carbocycles. The average Bonchev–Trinajstić information content (AvgIpc) is 3.03. The molecule has 1 aliphatic rings. The third-order valence-electron chi connectivity index (χ3n) is 4.94. The number of benzene rings is 2. The van der Waals surface area contributed by atoms with Crippen LogP contribution < -0.4 is 9.47 Å². The highest BCUT2D eigenvalue weighted by molar-refractivity contribution is 5.96. The SMILES string of the molecule is C=CCOc1ccc(C(=O)N2CCCN(C(=O)c3ccccc3F)CC2)cc1OC. The number of nitrogens with zero attached hydrogens (tertiary/aromatic N) is 2. The largest absolute Gasteiger partial charge is 0.493 e. The van der Waals surface area contributed by atoms with E-state index in [0.717, 1.165) is 0 Å². The van der Waals surface area contributed by atoms with Crippen molar-refractivity contribution in [1.29, 1.82) is 0 Å². The molecule has 0 N–H and O–H groups in total. The van der Waals surface area contributed by atoms with E-state index in [2.05, 4.69) is 6.58 Å². The molecule has 0 atom stereocenters. The smallest absolute Gasteiger partial charge is 0.256 e. The Kier molecular flexibility index (Phi) is 7.06. The second-order valence-electron chi connectivity index (χ2n) is 6.88. The zero-order valence-electron chi connectivity index (χ0n) is 17.0. The van der Waals surface area contributed by atoms with Gasteiger partial charge in [-0.25, -0.2) is 4.39 Å². The third kappa shape index (κ3) is 4.79. The van der Waals surface area contributed by atoms with E-state index in [1.165, 1.54) is 19.2 Å². The first-order valence-electron chi connectivity index (χ1n) is 9.80. The number of hydrogen-bond donors (Lipinski definition) is 0. The fourth-order valence-corrected chi connectivity index (χ4v) is 3.38. The molecule has 2 aromatic carbocycles. The molecule has 0 bridgehead atoms. The Morgan fingerprint density at radius 2 is 1.73 bits per heavy atom. The Morgan fingerprint density at radius 3 is 2.40 bits per heavy atom. The van der Waals surface area contributed by atoms with Gasteiger partial charge in [-0.05, 0) is 36.8 Å². The average molecular weight is 412 g/mol. The number of amides is 2. The summed E-state index contributed by atoms with van der Waals surface area (Å²) in [5, 5.41) is 0. The summed E-state index contributed by atoms with van der Waals surface area (Å²) in [5.41, 5.74) is 0.531. The van der Waals surface area contributed by atoms with Gasteiger partial charge in [0.15, 0.2) is 11.5 Å². The van der Waals surface area contributed by atoms with Crippen molar-refractivity contribution in [1.82, 2.24) is 9.80 Å². The van der Waals surface area contributed by atoms with Crippen LogP contribution in [0.2, 0.25) is 0 Å². The Morgan fingerprint density at radius 1 is 1.03 bits per heavy atom. The zero-order valence-corrected chi connectivity index (χ0v) is 17.0. The van der Waals surface area contributed by atoms with Crippen molar-refractivity contribution in [3.8, 4) is 11.5 Å². The van der Waals surface area contributed by atoms with Crippen molar-refractivity contribution in [3.63, 3.8) is 0 Å². The van der Waals surface area contributed by atoms with Crippen LogP contribution in [0.15, 0.2) is 55.1 Å². The Labute approximate surface area is 175 Å². The van der Waals surface area contributed by atoms with Gasteiger partial charge in [0.05, 0.1) is 12.7 Å². The molecule has 7 heteroatoms. The molecule has 1 fully saturated rings. The molecule has 0 spiro atoms. The number of halogens is 1.